The summed E-state index contributed by atoms with van der Waals surface area (Å²) in [6.45, 7) is 2.04. The molecule has 2 aromatic rings. The number of hydrogen-bond acceptors (Lipinski definition) is 3. The smallest absolute Gasteiger partial charge is 0.309 e. The van der Waals surface area contributed by atoms with E-state index in [0.29, 0.717) is 5.56 Å². The van der Waals surface area contributed by atoms with Crippen molar-refractivity contribution in [1.82, 2.24) is 0 Å². The minimum absolute atomic E-state index is 0.0412. The number of Topliss-reactive ketones (excluding diaryl/α,β-unsaturated/α-hetero) is 1. The Hall–Kier alpha value is -1.94. The lowest BCUT2D eigenvalue weighted by Gasteiger charge is -2.27. The summed E-state index contributed by atoms with van der Waals surface area (Å²) in [4.78, 5) is 24.8. The molecule has 0 atom stereocenters. The molecule has 0 spiro atoms. The summed E-state index contributed by atoms with van der Waals surface area (Å²) in [5, 5.41) is 0. The molecular formula is C25H29BrO3. The van der Waals surface area contributed by atoms with Gasteiger partial charge in [0.15, 0.2) is 12.4 Å². The van der Waals surface area contributed by atoms with Crippen molar-refractivity contribution in [2.45, 2.75) is 51.9 Å². The molecule has 4 heteroatoms. The zero-order valence-corrected chi connectivity index (χ0v) is 18.6. The van der Waals surface area contributed by atoms with E-state index in [4.69, 9.17) is 4.74 Å². The highest BCUT2D eigenvalue weighted by Gasteiger charge is 2.27. The molecule has 0 heterocycles. The topological polar surface area (TPSA) is 43.4 Å². The Morgan fingerprint density at radius 3 is 2.10 bits per heavy atom. The van der Waals surface area contributed by atoms with Gasteiger partial charge in [-0.3, -0.25) is 9.59 Å². The van der Waals surface area contributed by atoms with Crippen molar-refractivity contribution >= 4 is 27.7 Å². The van der Waals surface area contributed by atoms with Crippen LogP contribution >= 0.6 is 15.9 Å². The number of carbonyl (C=O) groups is 2. The van der Waals surface area contributed by atoms with Crippen LogP contribution in [0.1, 0.15) is 62.2 Å². The Labute approximate surface area is 182 Å². The lowest BCUT2D eigenvalue weighted by molar-refractivity contribution is -0.148. The van der Waals surface area contributed by atoms with E-state index in [9.17, 15) is 9.59 Å². The fraction of sp³-hybridized carbons (Fsp3) is 0.440. The Kier molecular flexibility index (Phi) is 8.05. The van der Waals surface area contributed by atoms with Crippen LogP contribution in [0, 0.1) is 11.8 Å². The number of benzene rings is 2. The van der Waals surface area contributed by atoms with Gasteiger partial charge in [0, 0.05) is 10.0 Å². The first-order valence-electron chi connectivity index (χ1n) is 10.6. The molecule has 1 aliphatic rings. The van der Waals surface area contributed by atoms with Gasteiger partial charge in [-0.25, -0.2) is 0 Å². The maximum absolute atomic E-state index is 12.4. The first kappa shape index (κ1) is 21.8. The molecule has 0 saturated heterocycles. The van der Waals surface area contributed by atoms with Gasteiger partial charge >= 0.3 is 5.97 Å². The number of ketones is 1. The zero-order valence-electron chi connectivity index (χ0n) is 17.0. The van der Waals surface area contributed by atoms with Gasteiger partial charge in [0.2, 0.25) is 0 Å². The van der Waals surface area contributed by atoms with E-state index in [-0.39, 0.29) is 24.3 Å². The molecule has 1 fully saturated rings. The zero-order chi connectivity index (χ0) is 20.6. The van der Waals surface area contributed by atoms with E-state index in [0.717, 1.165) is 47.2 Å². The van der Waals surface area contributed by atoms with Crippen LogP contribution in [0.15, 0.2) is 53.0 Å². The molecule has 0 aromatic heterocycles. The van der Waals surface area contributed by atoms with E-state index < -0.39 is 0 Å². The van der Waals surface area contributed by atoms with E-state index >= 15 is 0 Å². The van der Waals surface area contributed by atoms with Crippen molar-refractivity contribution in [2.75, 3.05) is 6.61 Å². The molecule has 29 heavy (non-hydrogen) atoms. The summed E-state index contributed by atoms with van der Waals surface area (Å²) in [7, 11) is 0. The Balaban J connectivity index is 1.47. The van der Waals surface area contributed by atoms with E-state index in [1.54, 1.807) is 12.1 Å². The summed E-state index contributed by atoms with van der Waals surface area (Å²) in [5.41, 5.74) is 2.71. The van der Waals surface area contributed by atoms with Crippen molar-refractivity contribution in [3.05, 3.63) is 58.6 Å². The van der Waals surface area contributed by atoms with Gasteiger partial charge in [0.25, 0.3) is 0 Å². The number of halogens is 1. The lowest BCUT2D eigenvalue weighted by Crippen LogP contribution is -2.25. The second-order valence-electron chi connectivity index (χ2n) is 7.98. The van der Waals surface area contributed by atoms with Crippen molar-refractivity contribution in [2.24, 2.45) is 11.8 Å². The summed E-state index contributed by atoms with van der Waals surface area (Å²) >= 11 is 3.43. The molecule has 3 nitrogen and oxygen atoms in total. The van der Waals surface area contributed by atoms with Crippen LogP contribution in [0.3, 0.4) is 0 Å². The highest BCUT2D eigenvalue weighted by molar-refractivity contribution is 9.10. The van der Waals surface area contributed by atoms with E-state index in [1.807, 2.05) is 36.4 Å². The maximum Gasteiger partial charge on any atom is 0.309 e. The predicted octanol–water partition coefficient (Wildman–Crippen LogP) is 6.84. The number of ether oxygens (including phenoxy) is 1. The second-order valence-corrected chi connectivity index (χ2v) is 8.89. The number of carbonyl (C=O) groups excluding carboxylic acids is 2. The third kappa shape index (κ3) is 6.27. The molecule has 2 aromatic carbocycles. The molecule has 1 saturated carbocycles. The third-order valence-corrected chi connectivity index (χ3v) is 6.40. The SMILES string of the molecule is CCCCC1CCC(C(=O)OCC(=O)c2ccc(-c3ccc(Br)cc3)cc2)CC1. The molecule has 1 aliphatic carbocycles. The van der Waals surface area contributed by atoms with Gasteiger partial charge in [-0.1, -0.05) is 78.5 Å². The summed E-state index contributed by atoms with van der Waals surface area (Å²) in [6.07, 6.45) is 7.76. The summed E-state index contributed by atoms with van der Waals surface area (Å²) in [6, 6.07) is 15.5. The number of rotatable bonds is 8. The van der Waals surface area contributed by atoms with Crippen molar-refractivity contribution in [3.8, 4) is 11.1 Å². The minimum atomic E-state index is -0.209. The average Bonchev–Trinajstić information content (AvgIpc) is 2.77. The fourth-order valence-corrected chi connectivity index (χ4v) is 4.27. The molecule has 0 N–H and O–H groups in total. The number of unbranched alkanes of at least 4 members (excludes halogenated alkanes) is 1. The maximum atomic E-state index is 12.4. The van der Waals surface area contributed by atoms with Crippen molar-refractivity contribution in [3.63, 3.8) is 0 Å². The van der Waals surface area contributed by atoms with Gasteiger partial charge in [-0.15, -0.1) is 0 Å². The molecule has 0 unspecified atom stereocenters. The largest absolute Gasteiger partial charge is 0.457 e. The normalized spacial score (nSPS) is 19.0. The second kappa shape index (κ2) is 10.7. The average molecular weight is 457 g/mol. The Bertz CT molecular complexity index is 803. The first-order valence-corrected chi connectivity index (χ1v) is 11.4. The standard InChI is InChI=1S/C25H29BrO3/c1-2-3-4-18-5-7-22(8-6-18)25(28)29-17-24(27)21-11-9-19(10-12-21)20-13-15-23(26)16-14-20/h9-16,18,22H,2-8,17H2,1H3. The van der Waals surface area contributed by atoms with Gasteiger partial charge in [0.1, 0.15) is 0 Å². The van der Waals surface area contributed by atoms with Gasteiger partial charge < -0.3 is 4.74 Å². The number of esters is 1. The van der Waals surface area contributed by atoms with Crippen molar-refractivity contribution < 1.29 is 14.3 Å². The van der Waals surface area contributed by atoms with Crippen LogP contribution in [-0.4, -0.2) is 18.4 Å². The number of hydrogen-bond donors (Lipinski definition) is 0. The van der Waals surface area contributed by atoms with Crippen LogP contribution in [0.4, 0.5) is 0 Å². The van der Waals surface area contributed by atoms with E-state index in [1.165, 1.54) is 19.3 Å². The molecule has 3 rings (SSSR count). The fourth-order valence-electron chi connectivity index (χ4n) is 4.01. The minimum Gasteiger partial charge on any atom is -0.457 e. The van der Waals surface area contributed by atoms with Crippen molar-refractivity contribution in [1.29, 1.82) is 0 Å². The first-order chi connectivity index (χ1) is 14.1. The van der Waals surface area contributed by atoms with Crippen LogP contribution in [0.5, 0.6) is 0 Å². The molecule has 0 bridgehead atoms. The predicted molar refractivity (Wildman–Crippen MR) is 120 cm³/mol. The van der Waals surface area contributed by atoms with Crippen LogP contribution in [-0.2, 0) is 9.53 Å². The Morgan fingerprint density at radius 1 is 0.931 bits per heavy atom. The summed E-state index contributed by atoms with van der Waals surface area (Å²) in [5.74, 6) is 0.349. The van der Waals surface area contributed by atoms with E-state index in [2.05, 4.69) is 22.9 Å². The van der Waals surface area contributed by atoms with Crippen LogP contribution < -0.4 is 0 Å². The molecule has 0 radical (unpaired) electrons. The van der Waals surface area contributed by atoms with Gasteiger partial charge in [-0.05, 0) is 54.9 Å². The highest BCUT2D eigenvalue weighted by atomic mass is 79.9. The highest BCUT2D eigenvalue weighted by Crippen LogP contribution is 2.32. The third-order valence-electron chi connectivity index (χ3n) is 5.88. The quantitative estimate of drug-likeness (QED) is 0.322. The molecule has 0 aliphatic heterocycles. The Morgan fingerprint density at radius 2 is 1.52 bits per heavy atom. The van der Waals surface area contributed by atoms with Gasteiger partial charge in [-0.2, -0.15) is 0 Å². The summed E-state index contributed by atoms with van der Waals surface area (Å²) < 4.78 is 6.38. The molecular weight excluding hydrogens is 428 g/mol. The monoisotopic (exact) mass is 456 g/mol. The van der Waals surface area contributed by atoms with Gasteiger partial charge in [0.05, 0.1) is 5.92 Å². The van der Waals surface area contributed by atoms with Crippen LogP contribution in [0.2, 0.25) is 0 Å². The van der Waals surface area contributed by atoms with Crippen LogP contribution in [0.25, 0.3) is 11.1 Å². The molecule has 0 amide bonds. The molecule has 154 valence electrons. The lowest BCUT2D eigenvalue weighted by atomic mass is 9.80.